The molecule has 0 saturated heterocycles. The summed E-state index contributed by atoms with van der Waals surface area (Å²) in [7, 11) is 1.51. The summed E-state index contributed by atoms with van der Waals surface area (Å²) in [6, 6.07) is 13.9. The van der Waals surface area contributed by atoms with Crippen molar-refractivity contribution in [3.8, 4) is 5.75 Å². The summed E-state index contributed by atoms with van der Waals surface area (Å²) >= 11 is 6.31. The van der Waals surface area contributed by atoms with Crippen molar-refractivity contribution < 1.29 is 33.4 Å². The van der Waals surface area contributed by atoms with Crippen molar-refractivity contribution in [2.24, 2.45) is 17.3 Å². The molecule has 0 spiro atoms. The van der Waals surface area contributed by atoms with Crippen LogP contribution in [0.3, 0.4) is 0 Å². The van der Waals surface area contributed by atoms with Crippen LogP contribution in [0.25, 0.3) is 6.08 Å². The van der Waals surface area contributed by atoms with Crippen LogP contribution in [0.5, 0.6) is 5.75 Å². The van der Waals surface area contributed by atoms with Crippen LogP contribution >= 0.6 is 11.6 Å². The SMILES string of the molecule is COc1ccc(CC2NC(=O)C=CCC(C(C)C=Cc3ccccc3)OC(=O)C(CC(C)C)OC(=O)C(C)(C)CNC2=O)cc1Cl. The second kappa shape index (κ2) is 17.0. The highest BCUT2D eigenvalue weighted by Crippen LogP contribution is 2.26. The highest BCUT2D eigenvalue weighted by atomic mass is 35.5. The average Bonchev–Trinajstić information content (AvgIpc) is 3.01. The lowest BCUT2D eigenvalue weighted by molar-refractivity contribution is -0.178. The van der Waals surface area contributed by atoms with Crippen LogP contribution < -0.4 is 15.4 Å². The number of carbonyl (C=O) groups excluding carboxylic acids is 4. The van der Waals surface area contributed by atoms with E-state index in [0.717, 1.165) is 5.56 Å². The van der Waals surface area contributed by atoms with Crippen LogP contribution in [-0.2, 0) is 35.1 Å². The third-order valence-electron chi connectivity index (χ3n) is 7.63. The molecule has 0 bridgehead atoms. The van der Waals surface area contributed by atoms with Gasteiger partial charge in [0.25, 0.3) is 0 Å². The lowest BCUT2D eigenvalue weighted by atomic mass is 9.93. The van der Waals surface area contributed by atoms with E-state index in [9.17, 15) is 19.2 Å². The van der Waals surface area contributed by atoms with E-state index in [1.807, 2.05) is 63.3 Å². The smallest absolute Gasteiger partial charge is 0.347 e. The molecule has 3 rings (SSSR count). The Morgan fingerprint density at radius 1 is 1.04 bits per heavy atom. The zero-order valence-corrected chi connectivity index (χ0v) is 28.1. The number of carbonyl (C=O) groups is 4. The highest BCUT2D eigenvalue weighted by molar-refractivity contribution is 6.32. The number of halogens is 1. The van der Waals surface area contributed by atoms with Crippen molar-refractivity contribution in [2.45, 2.75) is 72.1 Å². The summed E-state index contributed by atoms with van der Waals surface area (Å²) in [4.78, 5) is 53.3. The number of hydrogen-bond donors (Lipinski definition) is 2. The molecule has 248 valence electrons. The number of amides is 2. The maximum atomic E-state index is 13.5. The Morgan fingerprint density at radius 3 is 2.41 bits per heavy atom. The minimum absolute atomic E-state index is 0.0309. The van der Waals surface area contributed by atoms with Crippen LogP contribution in [0, 0.1) is 17.3 Å². The molecule has 9 nitrogen and oxygen atoms in total. The van der Waals surface area contributed by atoms with E-state index in [4.69, 9.17) is 25.8 Å². The van der Waals surface area contributed by atoms with E-state index in [2.05, 4.69) is 10.6 Å². The van der Waals surface area contributed by atoms with Crippen molar-refractivity contribution in [3.05, 3.63) is 82.9 Å². The van der Waals surface area contributed by atoms with E-state index in [1.165, 1.54) is 13.2 Å². The molecule has 2 aromatic carbocycles. The van der Waals surface area contributed by atoms with E-state index >= 15 is 0 Å². The number of rotatable bonds is 8. The van der Waals surface area contributed by atoms with Gasteiger partial charge in [0.2, 0.25) is 11.8 Å². The second-order valence-electron chi connectivity index (χ2n) is 12.6. The van der Waals surface area contributed by atoms with Crippen molar-refractivity contribution in [2.75, 3.05) is 13.7 Å². The number of ether oxygens (including phenoxy) is 3. The van der Waals surface area contributed by atoms with Crippen molar-refractivity contribution >= 4 is 41.4 Å². The zero-order chi connectivity index (χ0) is 33.9. The fraction of sp³-hybridized carbons (Fsp3) is 0.444. The van der Waals surface area contributed by atoms with Gasteiger partial charge < -0.3 is 24.8 Å². The first kappa shape index (κ1) is 36.4. The molecule has 4 unspecified atom stereocenters. The minimum atomic E-state index is -1.19. The summed E-state index contributed by atoms with van der Waals surface area (Å²) in [6.45, 7) is 8.90. The van der Waals surface area contributed by atoms with Crippen molar-refractivity contribution in [1.82, 2.24) is 10.6 Å². The largest absolute Gasteiger partial charge is 0.495 e. The number of benzene rings is 2. The zero-order valence-electron chi connectivity index (χ0n) is 27.4. The molecule has 0 fully saturated rings. The van der Waals surface area contributed by atoms with Gasteiger partial charge in [-0.05, 0) is 55.5 Å². The van der Waals surface area contributed by atoms with E-state index in [1.54, 1.807) is 38.1 Å². The lowest BCUT2D eigenvalue weighted by Gasteiger charge is -2.29. The molecule has 10 heteroatoms. The summed E-state index contributed by atoms with van der Waals surface area (Å²) in [5, 5.41) is 5.90. The topological polar surface area (TPSA) is 120 Å². The van der Waals surface area contributed by atoms with Gasteiger partial charge in [-0.25, -0.2) is 4.79 Å². The normalized spacial score (nSPS) is 22.1. The van der Waals surface area contributed by atoms with Gasteiger partial charge in [-0.15, -0.1) is 0 Å². The highest BCUT2D eigenvalue weighted by Gasteiger charge is 2.37. The number of esters is 2. The number of nitrogens with one attached hydrogen (secondary N) is 2. The first-order valence-corrected chi connectivity index (χ1v) is 15.9. The monoisotopic (exact) mass is 652 g/mol. The summed E-state index contributed by atoms with van der Waals surface area (Å²) < 4.78 is 17.0. The average molecular weight is 653 g/mol. The Kier molecular flexibility index (Phi) is 13.4. The maximum Gasteiger partial charge on any atom is 0.347 e. The predicted octanol–water partition coefficient (Wildman–Crippen LogP) is 5.70. The Bertz CT molecular complexity index is 1420. The number of hydrogen-bond acceptors (Lipinski definition) is 7. The van der Waals surface area contributed by atoms with Crippen LogP contribution in [-0.4, -0.2) is 55.7 Å². The van der Waals surface area contributed by atoms with E-state index in [0.29, 0.717) is 16.3 Å². The molecular formula is C36H45ClN2O7. The molecule has 0 aromatic heterocycles. The van der Waals surface area contributed by atoms with Crippen LogP contribution in [0.1, 0.15) is 58.6 Å². The van der Waals surface area contributed by atoms with Crippen LogP contribution in [0.4, 0.5) is 0 Å². The van der Waals surface area contributed by atoms with Crippen molar-refractivity contribution in [3.63, 3.8) is 0 Å². The lowest BCUT2D eigenvalue weighted by Crippen LogP contribution is -2.51. The molecule has 0 saturated carbocycles. The van der Waals surface area contributed by atoms with Gasteiger partial charge in [-0.2, -0.15) is 0 Å². The number of cyclic esters (lactones) is 2. The summed E-state index contributed by atoms with van der Waals surface area (Å²) in [6.07, 6.45) is 5.63. The molecule has 2 amide bonds. The second-order valence-corrected chi connectivity index (χ2v) is 13.0. The van der Waals surface area contributed by atoms with E-state index in [-0.39, 0.29) is 37.6 Å². The molecule has 1 heterocycles. The van der Waals surface area contributed by atoms with Crippen LogP contribution in [0.2, 0.25) is 5.02 Å². The molecule has 2 N–H and O–H groups in total. The van der Waals surface area contributed by atoms with Gasteiger partial charge in [0.1, 0.15) is 17.9 Å². The first-order valence-electron chi connectivity index (χ1n) is 15.5. The molecule has 0 radical (unpaired) electrons. The molecule has 46 heavy (non-hydrogen) atoms. The predicted molar refractivity (Wildman–Crippen MR) is 178 cm³/mol. The van der Waals surface area contributed by atoms with Crippen molar-refractivity contribution in [1.29, 1.82) is 0 Å². The third kappa shape index (κ3) is 11.1. The molecule has 1 aliphatic rings. The molecule has 2 aromatic rings. The van der Waals surface area contributed by atoms with Gasteiger partial charge in [0, 0.05) is 25.3 Å². The standard InChI is InChI=1S/C36H45ClN2O7/c1-23(2)19-31-34(42)45-29(24(3)15-16-25-11-8-7-9-12-25)13-10-14-32(40)39-28(21-26-17-18-30(44-6)27(37)20-26)33(41)38-22-36(4,5)35(43)46-31/h7-12,14-18,20,23-24,28-29,31H,13,19,21-22H2,1-6H3,(H,38,41)(H,39,40). The van der Waals surface area contributed by atoms with Gasteiger partial charge >= 0.3 is 11.9 Å². The Labute approximate surface area is 276 Å². The Morgan fingerprint density at radius 2 is 1.76 bits per heavy atom. The molecule has 0 aliphatic carbocycles. The maximum absolute atomic E-state index is 13.5. The van der Waals surface area contributed by atoms with Gasteiger partial charge in [0.15, 0.2) is 6.10 Å². The Balaban J connectivity index is 1.93. The quantitative estimate of drug-likeness (QED) is 0.351. The van der Waals surface area contributed by atoms with Gasteiger partial charge in [0.05, 0.1) is 17.5 Å². The number of methoxy groups -OCH3 is 1. The minimum Gasteiger partial charge on any atom is -0.495 e. The Hall–Kier alpha value is -4.11. The van der Waals surface area contributed by atoms with Gasteiger partial charge in [-0.1, -0.05) is 87.0 Å². The fourth-order valence-electron chi connectivity index (χ4n) is 4.77. The third-order valence-corrected chi connectivity index (χ3v) is 7.92. The summed E-state index contributed by atoms with van der Waals surface area (Å²) in [5.41, 5.74) is 0.497. The van der Waals surface area contributed by atoms with Gasteiger partial charge in [-0.3, -0.25) is 14.4 Å². The molecule has 4 atom stereocenters. The molecule has 1 aliphatic heterocycles. The van der Waals surface area contributed by atoms with Crippen LogP contribution in [0.15, 0.2) is 66.8 Å². The fourth-order valence-corrected chi connectivity index (χ4v) is 5.05. The molecular weight excluding hydrogens is 608 g/mol. The first-order chi connectivity index (χ1) is 21.8. The van der Waals surface area contributed by atoms with E-state index < -0.39 is 47.4 Å². The summed E-state index contributed by atoms with van der Waals surface area (Å²) in [5.74, 6) is -2.03.